The minimum absolute atomic E-state index is 0.0410. The number of aromatic nitrogens is 3. The number of rotatable bonds is 7. The molecule has 1 aliphatic heterocycles. The molecule has 3 aromatic rings. The summed E-state index contributed by atoms with van der Waals surface area (Å²) in [6, 6.07) is 5.56. The second kappa shape index (κ2) is 11.8. The van der Waals surface area contributed by atoms with E-state index in [1.54, 1.807) is 7.05 Å². The van der Waals surface area contributed by atoms with Gasteiger partial charge < -0.3 is 26.0 Å². The number of nitrogens with zero attached hydrogens (tertiary/aromatic N) is 4. The number of piperidine rings is 1. The molecule has 4 N–H and O–H groups in total. The molecule has 1 saturated heterocycles. The molecule has 2 aromatic heterocycles. The van der Waals surface area contributed by atoms with Crippen LogP contribution in [-0.2, 0) is 6.18 Å². The number of likely N-dealkylation sites (N-methyl/N-ethyl adjacent to an activating group) is 1. The number of amides is 2. The van der Waals surface area contributed by atoms with Gasteiger partial charge in [0.05, 0.1) is 11.7 Å². The minimum Gasteiger partial charge on any atom is -0.476 e. The van der Waals surface area contributed by atoms with Gasteiger partial charge in [-0.1, -0.05) is 12.1 Å². The zero-order chi connectivity index (χ0) is 28.2. The van der Waals surface area contributed by atoms with Crippen LogP contribution in [0.15, 0.2) is 42.6 Å². The summed E-state index contributed by atoms with van der Waals surface area (Å²) in [5.74, 6) is -2.03. The van der Waals surface area contributed by atoms with Crippen LogP contribution in [0.2, 0.25) is 0 Å². The third kappa shape index (κ3) is 6.69. The first-order chi connectivity index (χ1) is 18.6. The number of halogens is 5. The lowest BCUT2D eigenvalue weighted by Crippen LogP contribution is -2.41. The number of carbonyl (C=O) groups excluding carboxylic acids is 1. The second-order valence-electron chi connectivity index (χ2n) is 8.87. The Bertz CT molecular complexity index is 1300. The van der Waals surface area contributed by atoms with Crippen molar-refractivity contribution in [2.24, 2.45) is 0 Å². The van der Waals surface area contributed by atoms with E-state index in [4.69, 9.17) is 10.5 Å². The highest BCUT2D eigenvalue weighted by molar-refractivity contribution is 5.89. The van der Waals surface area contributed by atoms with Crippen LogP contribution < -0.4 is 21.1 Å². The van der Waals surface area contributed by atoms with Gasteiger partial charge in [-0.15, -0.1) is 0 Å². The van der Waals surface area contributed by atoms with Crippen molar-refractivity contribution >= 4 is 17.7 Å². The van der Waals surface area contributed by atoms with Crippen LogP contribution >= 0.6 is 0 Å². The molecule has 39 heavy (non-hydrogen) atoms. The molecule has 0 aliphatic carbocycles. The molecule has 0 radical (unpaired) electrons. The van der Waals surface area contributed by atoms with Crippen LogP contribution in [0, 0.1) is 11.6 Å². The van der Waals surface area contributed by atoms with E-state index in [-0.39, 0.29) is 37.4 Å². The topological polar surface area (TPSA) is 118 Å². The van der Waals surface area contributed by atoms with Gasteiger partial charge >= 0.3 is 12.2 Å². The Morgan fingerprint density at radius 1 is 1.13 bits per heavy atom. The molecule has 3 heterocycles. The number of nitrogen functional groups attached to an aromatic ring is 1. The molecule has 0 spiro atoms. The Balaban J connectivity index is 1.44. The first-order valence-electron chi connectivity index (χ1n) is 12.0. The Hall–Kier alpha value is -4.07. The van der Waals surface area contributed by atoms with E-state index in [2.05, 4.69) is 25.6 Å². The number of anilines is 2. The molecule has 1 atom stereocenters. The predicted molar refractivity (Wildman–Crippen MR) is 132 cm³/mol. The Labute approximate surface area is 220 Å². The second-order valence-corrected chi connectivity index (χ2v) is 8.87. The fourth-order valence-electron chi connectivity index (χ4n) is 4.32. The molecular weight excluding hydrogens is 525 g/mol. The maximum Gasteiger partial charge on any atom is 0.433 e. The number of para-hydroxylation sites is 1. The lowest BCUT2D eigenvalue weighted by atomic mass is 9.89. The first kappa shape index (κ1) is 28.0. The molecule has 4 rings (SSSR count). The van der Waals surface area contributed by atoms with Gasteiger partial charge in [-0.05, 0) is 38.1 Å². The Kier molecular flexibility index (Phi) is 8.43. The van der Waals surface area contributed by atoms with E-state index < -0.39 is 41.3 Å². The number of urea groups is 1. The van der Waals surface area contributed by atoms with E-state index in [9.17, 15) is 26.7 Å². The maximum atomic E-state index is 13.9. The number of nitrogens with one attached hydrogen (secondary N) is 2. The quantitative estimate of drug-likeness (QED) is 0.370. The highest BCUT2D eigenvalue weighted by Crippen LogP contribution is 2.33. The van der Waals surface area contributed by atoms with Crippen LogP contribution in [0.5, 0.6) is 5.88 Å². The van der Waals surface area contributed by atoms with Gasteiger partial charge in [-0.2, -0.15) is 13.2 Å². The molecule has 1 aromatic carbocycles. The van der Waals surface area contributed by atoms with Crippen molar-refractivity contribution in [1.82, 2.24) is 25.2 Å². The predicted octanol–water partition coefficient (Wildman–Crippen LogP) is 4.50. The van der Waals surface area contributed by atoms with Crippen molar-refractivity contribution < 1.29 is 31.5 Å². The number of nitrogens with two attached hydrogens (primary N) is 1. The third-order valence-corrected chi connectivity index (χ3v) is 6.37. The number of carbonyl (C=O) groups is 1. The largest absolute Gasteiger partial charge is 0.476 e. The average Bonchev–Trinajstić information content (AvgIpc) is 2.91. The molecule has 0 saturated carbocycles. The van der Waals surface area contributed by atoms with Crippen molar-refractivity contribution in [1.29, 1.82) is 0 Å². The standard InChI is InChI=1S/C25H26F5N7O2/c1-32-18(13-39-20-7-3-6-19(34-20)25(28,29)30)15-12-33-23(31)35-21(15)14-8-10-37(11-9-14)24(38)36-22-16(26)4-2-5-17(22)27/h2-7,12,14,18,32H,8-11,13H2,1H3,(H,36,38)(H2,31,33,35). The van der Waals surface area contributed by atoms with Crippen LogP contribution in [0.4, 0.5) is 38.4 Å². The number of alkyl halides is 3. The van der Waals surface area contributed by atoms with E-state index in [0.29, 0.717) is 24.1 Å². The zero-order valence-electron chi connectivity index (χ0n) is 20.8. The Morgan fingerprint density at radius 3 is 2.44 bits per heavy atom. The van der Waals surface area contributed by atoms with Crippen molar-refractivity contribution in [3.05, 3.63) is 71.2 Å². The maximum absolute atomic E-state index is 13.9. The summed E-state index contributed by atoms with van der Waals surface area (Å²) in [6.45, 7) is 0.496. The monoisotopic (exact) mass is 551 g/mol. The molecule has 0 bridgehead atoms. The molecular formula is C25H26F5N7O2. The summed E-state index contributed by atoms with van der Waals surface area (Å²) in [6.07, 6.45) is -2.12. The van der Waals surface area contributed by atoms with Crippen molar-refractivity contribution in [3.63, 3.8) is 0 Å². The van der Waals surface area contributed by atoms with Crippen LogP contribution in [-0.4, -0.2) is 52.6 Å². The SMILES string of the molecule is CNC(COc1cccc(C(F)(F)F)n1)c1cnc(N)nc1C1CCN(C(=O)Nc2c(F)cccc2F)CC1. The van der Waals surface area contributed by atoms with Crippen molar-refractivity contribution in [2.75, 3.05) is 37.8 Å². The summed E-state index contributed by atoms with van der Waals surface area (Å²) in [7, 11) is 1.66. The van der Waals surface area contributed by atoms with E-state index in [1.165, 1.54) is 29.3 Å². The van der Waals surface area contributed by atoms with E-state index in [1.807, 2.05) is 0 Å². The van der Waals surface area contributed by atoms with E-state index in [0.717, 1.165) is 18.2 Å². The van der Waals surface area contributed by atoms with Crippen LogP contribution in [0.25, 0.3) is 0 Å². The number of pyridine rings is 1. The Morgan fingerprint density at radius 2 is 1.79 bits per heavy atom. The van der Waals surface area contributed by atoms with Gasteiger partial charge in [0.1, 0.15) is 29.6 Å². The van der Waals surface area contributed by atoms with Crippen LogP contribution in [0.3, 0.4) is 0 Å². The van der Waals surface area contributed by atoms with Gasteiger partial charge in [-0.25, -0.2) is 28.5 Å². The summed E-state index contributed by atoms with van der Waals surface area (Å²) in [5, 5.41) is 5.34. The van der Waals surface area contributed by atoms with E-state index >= 15 is 0 Å². The molecule has 1 fully saturated rings. The summed E-state index contributed by atoms with van der Waals surface area (Å²) >= 11 is 0. The summed E-state index contributed by atoms with van der Waals surface area (Å²) in [4.78, 5) is 26.1. The van der Waals surface area contributed by atoms with Gasteiger partial charge in [0.2, 0.25) is 11.8 Å². The lowest BCUT2D eigenvalue weighted by Gasteiger charge is -2.33. The number of ether oxygens (including phenoxy) is 1. The molecule has 208 valence electrons. The smallest absolute Gasteiger partial charge is 0.433 e. The highest BCUT2D eigenvalue weighted by atomic mass is 19.4. The fraction of sp³-hybridized carbons (Fsp3) is 0.360. The van der Waals surface area contributed by atoms with Crippen molar-refractivity contribution in [2.45, 2.75) is 31.0 Å². The first-order valence-corrected chi connectivity index (χ1v) is 12.0. The molecule has 1 aliphatic rings. The lowest BCUT2D eigenvalue weighted by molar-refractivity contribution is -0.141. The van der Waals surface area contributed by atoms with Gasteiger partial charge in [0.15, 0.2) is 0 Å². The van der Waals surface area contributed by atoms with Gasteiger partial charge in [-0.3, -0.25) is 0 Å². The van der Waals surface area contributed by atoms with Gasteiger partial charge in [0.25, 0.3) is 0 Å². The summed E-state index contributed by atoms with van der Waals surface area (Å²) in [5.41, 5.74) is 5.52. The highest BCUT2D eigenvalue weighted by Gasteiger charge is 2.33. The van der Waals surface area contributed by atoms with Crippen molar-refractivity contribution in [3.8, 4) is 5.88 Å². The number of likely N-dealkylation sites (tertiary alicyclic amines) is 1. The summed E-state index contributed by atoms with van der Waals surface area (Å²) < 4.78 is 72.4. The van der Waals surface area contributed by atoms with Gasteiger partial charge in [0, 0.05) is 36.8 Å². The molecule has 9 nitrogen and oxygen atoms in total. The molecule has 2 amide bonds. The molecule has 14 heteroatoms. The third-order valence-electron chi connectivity index (χ3n) is 6.37. The minimum atomic E-state index is -4.60. The normalized spacial score (nSPS) is 15.2. The van der Waals surface area contributed by atoms with Crippen LogP contribution in [0.1, 0.15) is 41.8 Å². The number of hydrogen-bond acceptors (Lipinski definition) is 7. The zero-order valence-corrected chi connectivity index (χ0v) is 20.8. The number of benzene rings is 1. The average molecular weight is 552 g/mol. The fourth-order valence-corrected chi connectivity index (χ4v) is 4.32. The molecule has 1 unspecified atom stereocenters. The number of hydrogen-bond donors (Lipinski definition) is 3.